The molecule has 0 fully saturated rings. The second-order valence-electron chi connectivity index (χ2n) is 4.81. The zero-order valence-electron chi connectivity index (χ0n) is 13.9. The summed E-state index contributed by atoms with van der Waals surface area (Å²) in [5.74, 6) is -1.11. The van der Waals surface area contributed by atoms with Gasteiger partial charge in [-0.15, -0.1) is 0 Å². The minimum Gasteiger partial charge on any atom is -0.460 e. The fourth-order valence-corrected chi connectivity index (χ4v) is 1.24. The van der Waals surface area contributed by atoms with E-state index in [-0.39, 0.29) is 25.4 Å². The smallest absolute Gasteiger partial charge is 0.435 e. The summed E-state index contributed by atoms with van der Waals surface area (Å²) >= 11 is 0. The predicted molar refractivity (Wildman–Crippen MR) is 71.7 cm³/mol. The molecule has 0 bridgehead atoms. The molecule has 160 valence electrons. The van der Waals surface area contributed by atoms with Crippen molar-refractivity contribution in [1.82, 2.24) is 0 Å². The quantitative estimate of drug-likeness (QED) is 0.288. The molecule has 0 spiro atoms. The summed E-state index contributed by atoms with van der Waals surface area (Å²) in [7, 11) is 0. The van der Waals surface area contributed by atoms with E-state index >= 15 is 0 Å². The Balaban J connectivity index is 5.14. The lowest BCUT2D eigenvalue weighted by Gasteiger charge is -2.21. The summed E-state index contributed by atoms with van der Waals surface area (Å²) in [6.45, 7) is 2.56. The summed E-state index contributed by atoms with van der Waals surface area (Å²) < 4.78 is 137. The van der Waals surface area contributed by atoms with Gasteiger partial charge in [-0.2, -0.15) is 17.6 Å². The van der Waals surface area contributed by atoms with Crippen LogP contribution in [0.4, 0.5) is 43.9 Å². The molecule has 0 aliphatic rings. The maximum Gasteiger partial charge on any atom is 0.435 e. The minimum absolute atomic E-state index is 0.0771. The first-order valence-electron chi connectivity index (χ1n) is 7.30. The molecule has 2 unspecified atom stereocenters. The number of allylic oxidation sites excluding steroid dienone is 2. The lowest BCUT2D eigenvalue weighted by atomic mass is 10.3. The van der Waals surface area contributed by atoms with Crippen LogP contribution in [0.3, 0.4) is 0 Å². The molecule has 2 atom stereocenters. The van der Waals surface area contributed by atoms with Crippen molar-refractivity contribution < 1.29 is 58.1 Å². The van der Waals surface area contributed by atoms with Crippen LogP contribution in [0.15, 0.2) is 24.0 Å². The Morgan fingerprint density at radius 2 is 1.00 bits per heavy atom. The third-order valence-corrected chi connectivity index (χ3v) is 2.74. The number of hydrogen-bond acceptors (Lipinski definition) is 3. The van der Waals surface area contributed by atoms with Gasteiger partial charge in [-0.05, 0) is 0 Å². The molecule has 0 rings (SSSR count). The van der Waals surface area contributed by atoms with Crippen molar-refractivity contribution in [2.75, 3.05) is 0 Å². The third kappa shape index (κ3) is 8.16. The first kappa shape index (κ1) is 25.2. The van der Waals surface area contributed by atoms with E-state index < -0.39 is 48.9 Å². The molecule has 0 saturated carbocycles. The van der Waals surface area contributed by atoms with Crippen LogP contribution < -0.4 is 0 Å². The van der Waals surface area contributed by atoms with E-state index in [1.807, 2.05) is 0 Å². The summed E-state index contributed by atoms with van der Waals surface area (Å²) in [6, 6.07) is 0. The Morgan fingerprint density at radius 1 is 0.704 bits per heavy atom. The topological polar surface area (TPSA) is 27.7 Å². The van der Waals surface area contributed by atoms with Crippen molar-refractivity contribution in [1.29, 1.82) is 0 Å². The van der Waals surface area contributed by atoms with Gasteiger partial charge in [-0.1, -0.05) is 13.8 Å². The van der Waals surface area contributed by atoms with Crippen LogP contribution in [0.1, 0.15) is 26.7 Å². The summed E-state index contributed by atoms with van der Waals surface area (Å²) in [6.07, 6.45) is -26.1. The van der Waals surface area contributed by atoms with Crippen LogP contribution >= 0.6 is 0 Å². The van der Waals surface area contributed by atoms with E-state index in [4.69, 9.17) is 4.74 Å². The van der Waals surface area contributed by atoms with Gasteiger partial charge in [0.05, 0.1) is 0 Å². The largest absolute Gasteiger partial charge is 0.460 e. The normalized spacial score (nSPS) is 16.5. The van der Waals surface area contributed by atoms with Gasteiger partial charge in [-0.25, -0.2) is 26.3 Å². The molecule has 0 aromatic rings. The molecule has 0 heterocycles. The highest BCUT2D eigenvalue weighted by Crippen LogP contribution is 2.30. The van der Waals surface area contributed by atoms with E-state index in [0.29, 0.717) is 0 Å². The predicted octanol–water partition coefficient (Wildman–Crippen LogP) is 5.93. The molecular formula is C14H16F10O3. The van der Waals surface area contributed by atoms with Crippen LogP contribution in [0.25, 0.3) is 0 Å². The summed E-state index contributed by atoms with van der Waals surface area (Å²) in [5, 5.41) is 0. The van der Waals surface area contributed by atoms with Crippen LogP contribution in [0, 0.1) is 0 Å². The van der Waals surface area contributed by atoms with Gasteiger partial charge in [0.25, 0.3) is 25.2 Å². The number of hydrogen-bond donors (Lipinski definition) is 0. The first-order chi connectivity index (χ1) is 12.3. The van der Waals surface area contributed by atoms with E-state index in [0.717, 1.165) is 0 Å². The van der Waals surface area contributed by atoms with Gasteiger partial charge in [-0.3, -0.25) is 0 Å². The highest BCUT2D eigenvalue weighted by atomic mass is 19.3. The van der Waals surface area contributed by atoms with Gasteiger partial charge >= 0.3 is 12.2 Å². The standard InChI is InChI=1S/C14H16F10O3/c1-3-7(5-25-13(21,22)9(15)11(17)18)27-8(4-2)6-26-14(23,24)10(16)12(19)20/h5-6,9-12H,3-4H2,1-2H3. The molecule has 0 radical (unpaired) electrons. The Hall–Kier alpha value is -1.82. The van der Waals surface area contributed by atoms with Crippen molar-refractivity contribution in [2.45, 2.75) is 64.1 Å². The van der Waals surface area contributed by atoms with E-state index in [2.05, 4.69) is 9.47 Å². The zero-order chi connectivity index (χ0) is 21.4. The molecule has 13 heteroatoms. The molecule has 0 aliphatic carbocycles. The van der Waals surface area contributed by atoms with Crippen molar-refractivity contribution in [3.8, 4) is 0 Å². The fraction of sp³-hybridized carbons (Fsp3) is 0.714. The number of halogens is 10. The number of rotatable bonds is 12. The molecule has 27 heavy (non-hydrogen) atoms. The van der Waals surface area contributed by atoms with Crippen LogP contribution in [-0.4, -0.2) is 37.4 Å². The minimum atomic E-state index is -4.91. The molecule has 0 amide bonds. The zero-order valence-corrected chi connectivity index (χ0v) is 13.9. The Kier molecular flexibility index (Phi) is 9.79. The summed E-state index contributed by atoms with van der Waals surface area (Å²) in [5.41, 5.74) is 0. The molecule has 0 N–H and O–H groups in total. The van der Waals surface area contributed by atoms with E-state index in [9.17, 15) is 43.9 Å². The molecule has 0 aliphatic heterocycles. The van der Waals surface area contributed by atoms with Gasteiger partial charge in [0.1, 0.15) is 24.0 Å². The van der Waals surface area contributed by atoms with E-state index in [1.165, 1.54) is 13.8 Å². The monoisotopic (exact) mass is 422 g/mol. The number of ether oxygens (including phenoxy) is 3. The highest BCUT2D eigenvalue weighted by molar-refractivity contribution is 4.98. The Bertz CT molecular complexity index is 463. The van der Waals surface area contributed by atoms with Crippen molar-refractivity contribution in [3.05, 3.63) is 24.0 Å². The number of alkyl halides is 10. The second-order valence-corrected chi connectivity index (χ2v) is 4.81. The van der Waals surface area contributed by atoms with Crippen molar-refractivity contribution in [2.24, 2.45) is 0 Å². The summed E-state index contributed by atoms with van der Waals surface area (Å²) in [4.78, 5) is 0. The average molecular weight is 422 g/mol. The molecule has 0 aromatic heterocycles. The highest BCUT2D eigenvalue weighted by Gasteiger charge is 2.49. The second kappa shape index (κ2) is 10.5. The molecule has 0 aromatic carbocycles. The van der Waals surface area contributed by atoms with Gasteiger partial charge in [0, 0.05) is 12.8 Å². The Morgan fingerprint density at radius 3 is 1.22 bits per heavy atom. The van der Waals surface area contributed by atoms with E-state index in [1.54, 1.807) is 0 Å². The molecular weight excluding hydrogens is 406 g/mol. The van der Waals surface area contributed by atoms with Crippen molar-refractivity contribution in [3.63, 3.8) is 0 Å². The van der Waals surface area contributed by atoms with Gasteiger partial charge in [0.2, 0.25) is 0 Å². The fourth-order valence-electron chi connectivity index (χ4n) is 1.24. The SMILES string of the molecule is CCC(=COC(F)(F)C(F)C(F)F)OC(=COC(F)(F)C(F)C(F)F)CC. The maximum atomic E-state index is 13.0. The van der Waals surface area contributed by atoms with Crippen LogP contribution in [-0.2, 0) is 14.2 Å². The lowest BCUT2D eigenvalue weighted by Crippen LogP contribution is -2.37. The lowest BCUT2D eigenvalue weighted by molar-refractivity contribution is -0.267. The van der Waals surface area contributed by atoms with Crippen LogP contribution in [0.2, 0.25) is 0 Å². The maximum absolute atomic E-state index is 13.0. The molecule has 3 nitrogen and oxygen atoms in total. The van der Waals surface area contributed by atoms with Gasteiger partial charge < -0.3 is 14.2 Å². The molecule has 0 saturated heterocycles. The Labute approximate surface area is 147 Å². The van der Waals surface area contributed by atoms with Crippen molar-refractivity contribution >= 4 is 0 Å². The van der Waals surface area contributed by atoms with Gasteiger partial charge in [0.15, 0.2) is 0 Å². The first-order valence-corrected chi connectivity index (χ1v) is 7.30. The average Bonchev–Trinajstić information content (AvgIpc) is 2.59. The van der Waals surface area contributed by atoms with Crippen LogP contribution in [0.5, 0.6) is 0 Å². The third-order valence-electron chi connectivity index (χ3n) is 2.74.